The van der Waals surface area contributed by atoms with Crippen LogP contribution in [-0.4, -0.2) is 22.4 Å². The van der Waals surface area contributed by atoms with Crippen LogP contribution in [-0.2, 0) is 0 Å². The molecule has 0 radical (unpaired) electrons. The molecule has 2 aromatic heterocycles. The van der Waals surface area contributed by atoms with E-state index >= 15 is 0 Å². The Morgan fingerprint density at radius 2 is 2.39 bits per heavy atom. The zero-order chi connectivity index (χ0) is 13.0. The van der Waals surface area contributed by atoms with Crippen molar-refractivity contribution in [2.24, 2.45) is 0 Å². The van der Waals surface area contributed by atoms with Crippen LogP contribution in [0, 0.1) is 11.3 Å². The lowest BCUT2D eigenvalue weighted by atomic mass is 10.2. The van der Waals surface area contributed by atoms with Crippen molar-refractivity contribution in [1.29, 1.82) is 5.26 Å². The second-order valence-electron chi connectivity index (χ2n) is 3.31. The maximum Gasteiger partial charge on any atom is 0.270 e. The number of carbonyl (C=O) groups is 1. The van der Waals surface area contributed by atoms with Gasteiger partial charge in [0.05, 0.1) is 12.3 Å². The third kappa shape index (κ3) is 2.44. The highest BCUT2D eigenvalue weighted by Crippen LogP contribution is 2.18. The largest absolute Gasteiger partial charge is 0.463 e. The van der Waals surface area contributed by atoms with Gasteiger partial charge in [0, 0.05) is 0 Å². The smallest absolute Gasteiger partial charge is 0.270 e. The molecule has 0 aliphatic rings. The summed E-state index contributed by atoms with van der Waals surface area (Å²) in [4.78, 5) is 19.4. The quantitative estimate of drug-likeness (QED) is 0.761. The summed E-state index contributed by atoms with van der Waals surface area (Å²) in [5.74, 6) is -0.0390. The summed E-state index contributed by atoms with van der Waals surface area (Å²) >= 11 is 0. The van der Waals surface area contributed by atoms with Crippen LogP contribution in [0.15, 0.2) is 28.9 Å². The van der Waals surface area contributed by atoms with Crippen LogP contribution >= 0.6 is 0 Å². The van der Waals surface area contributed by atoms with Gasteiger partial charge in [0.1, 0.15) is 17.9 Å². The summed E-state index contributed by atoms with van der Waals surface area (Å²) < 4.78 is 5.16. The molecule has 0 spiro atoms. The van der Waals surface area contributed by atoms with Gasteiger partial charge in [0.2, 0.25) is 5.95 Å². The Morgan fingerprint density at radius 1 is 1.56 bits per heavy atom. The average molecular weight is 243 g/mol. The molecular formula is C11H9N5O2. The molecule has 2 heterocycles. The van der Waals surface area contributed by atoms with Crippen LogP contribution in [0.4, 0.5) is 5.95 Å². The molecule has 90 valence electrons. The second-order valence-corrected chi connectivity index (χ2v) is 3.31. The minimum Gasteiger partial charge on any atom is -0.463 e. The number of nitrogens with one attached hydrogen (secondary N) is 1. The maximum atomic E-state index is 11.6. The van der Waals surface area contributed by atoms with Crippen molar-refractivity contribution < 1.29 is 9.21 Å². The minimum atomic E-state index is -0.488. The first-order valence-electron chi connectivity index (χ1n) is 5.04. The van der Waals surface area contributed by atoms with Gasteiger partial charge in [-0.25, -0.2) is 9.97 Å². The lowest BCUT2D eigenvalue weighted by molar-refractivity contribution is 0.0953. The van der Waals surface area contributed by atoms with Crippen LogP contribution in [0.3, 0.4) is 0 Å². The van der Waals surface area contributed by atoms with Crippen molar-refractivity contribution in [3.63, 3.8) is 0 Å². The van der Waals surface area contributed by atoms with Crippen LogP contribution in [0.2, 0.25) is 0 Å². The highest BCUT2D eigenvalue weighted by Gasteiger charge is 2.12. The number of carbonyl (C=O) groups excluding carboxylic acids is 1. The first kappa shape index (κ1) is 11.6. The van der Waals surface area contributed by atoms with Crippen molar-refractivity contribution in [3.05, 3.63) is 30.2 Å². The van der Waals surface area contributed by atoms with Crippen LogP contribution in [0.1, 0.15) is 10.5 Å². The molecule has 2 rings (SSSR count). The van der Waals surface area contributed by atoms with E-state index in [0.717, 1.165) is 0 Å². The molecule has 7 nitrogen and oxygen atoms in total. The zero-order valence-electron chi connectivity index (χ0n) is 9.25. The second kappa shape index (κ2) is 4.97. The van der Waals surface area contributed by atoms with E-state index in [0.29, 0.717) is 11.5 Å². The molecule has 0 saturated heterocycles. The first-order valence-corrected chi connectivity index (χ1v) is 5.04. The third-order valence-corrected chi connectivity index (χ3v) is 2.08. The standard InChI is InChI=1S/C11H9N5O2/c12-3-4-14-10(17)8-6-7(15-11(13)16-8)9-2-1-5-18-9/h1-2,5-6H,4H2,(H,14,17)(H2,13,15,16). The SMILES string of the molecule is N#CCNC(=O)c1cc(-c2ccco2)nc(N)n1. The fraction of sp³-hybridized carbons (Fsp3) is 0.0909. The Kier molecular flexibility index (Phi) is 3.20. The number of furan rings is 1. The Labute approximate surface area is 102 Å². The van der Waals surface area contributed by atoms with Gasteiger partial charge >= 0.3 is 0 Å². The van der Waals surface area contributed by atoms with Crippen LogP contribution in [0.5, 0.6) is 0 Å². The van der Waals surface area contributed by atoms with E-state index in [-0.39, 0.29) is 18.2 Å². The van der Waals surface area contributed by atoms with Gasteiger partial charge < -0.3 is 15.5 Å². The number of hydrogen-bond acceptors (Lipinski definition) is 6. The fourth-order valence-electron chi connectivity index (χ4n) is 1.34. The molecule has 0 fully saturated rings. The molecular weight excluding hydrogens is 234 g/mol. The molecule has 3 N–H and O–H groups in total. The molecule has 0 atom stereocenters. The Morgan fingerprint density at radius 3 is 3.06 bits per heavy atom. The monoisotopic (exact) mass is 243 g/mol. The predicted octanol–water partition coefficient (Wildman–Crippen LogP) is 0.572. The topological polar surface area (TPSA) is 118 Å². The summed E-state index contributed by atoms with van der Waals surface area (Å²) in [5, 5.41) is 10.8. The average Bonchev–Trinajstić information content (AvgIpc) is 2.89. The van der Waals surface area contributed by atoms with Gasteiger partial charge in [-0.05, 0) is 18.2 Å². The van der Waals surface area contributed by atoms with E-state index in [2.05, 4.69) is 15.3 Å². The first-order chi connectivity index (χ1) is 8.70. The Balaban J connectivity index is 2.33. The van der Waals surface area contributed by atoms with Crippen LogP contribution in [0.25, 0.3) is 11.5 Å². The van der Waals surface area contributed by atoms with E-state index < -0.39 is 5.91 Å². The third-order valence-electron chi connectivity index (χ3n) is 2.08. The van der Waals surface area contributed by atoms with Crippen molar-refractivity contribution in [1.82, 2.24) is 15.3 Å². The molecule has 0 bridgehead atoms. The molecule has 0 aliphatic carbocycles. The fourth-order valence-corrected chi connectivity index (χ4v) is 1.34. The van der Waals surface area contributed by atoms with E-state index in [4.69, 9.17) is 15.4 Å². The number of nitrogens with zero attached hydrogens (tertiary/aromatic N) is 3. The van der Waals surface area contributed by atoms with E-state index in [1.807, 2.05) is 0 Å². The van der Waals surface area contributed by atoms with Crippen molar-refractivity contribution >= 4 is 11.9 Å². The van der Waals surface area contributed by atoms with Gasteiger partial charge in [-0.2, -0.15) is 5.26 Å². The zero-order valence-corrected chi connectivity index (χ0v) is 9.25. The predicted molar refractivity (Wildman–Crippen MR) is 62.1 cm³/mol. The van der Waals surface area contributed by atoms with Gasteiger partial charge in [0.15, 0.2) is 5.76 Å². The molecule has 2 aromatic rings. The maximum absolute atomic E-state index is 11.6. The normalized spacial score (nSPS) is 9.72. The Bertz CT molecular complexity index is 600. The lowest BCUT2D eigenvalue weighted by Crippen LogP contribution is -2.25. The molecule has 0 aromatic carbocycles. The number of nitrogen functional groups attached to an aromatic ring is 1. The summed E-state index contributed by atoms with van der Waals surface area (Å²) in [6.07, 6.45) is 1.49. The molecule has 0 saturated carbocycles. The summed E-state index contributed by atoms with van der Waals surface area (Å²) in [6.45, 7) is -0.0984. The molecule has 18 heavy (non-hydrogen) atoms. The van der Waals surface area contributed by atoms with Gasteiger partial charge in [0.25, 0.3) is 5.91 Å². The van der Waals surface area contributed by atoms with Crippen molar-refractivity contribution in [3.8, 4) is 17.5 Å². The molecule has 0 aliphatic heterocycles. The number of amides is 1. The summed E-state index contributed by atoms with van der Waals surface area (Å²) in [5.41, 5.74) is 6.02. The molecule has 1 amide bonds. The number of anilines is 1. The van der Waals surface area contributed by atoms with E-state index in [1.165, 1.54) is 12.3 Å². The molecule has 0 unspecified atom stereocenters. The highest BCUT2D eigenvalue weighted by molar-refractivity contribution is 5.93. The number of aromatic nitrogens is 2. The number of rotatable bonds is 3. The van der Waals surface area contributed by atoms with Crippen molar-refractivity contribution in [2.45, 2.75) is 0 Å². The Hall–Kier alpha value is -2.88. The number of nitrogens with two attached hydrogens (primary N) is 1. The number of nitriles is 1. The number of hydrogen-bond donors (Lipinski definition) is 2. The summed E-state index contributed by atoms with van der Waals surface area (Å²) in [7, 11) is 0. The lowest BCUT2D eigenvalue weighted by Gasteiger charge is -2.03. The van der Waals surface area contributed by atoms with Crippen LogP contribution < -0.4 is 11.1 Å². The van der Waals surface area contributed by atoms with Gasteiger partial charge in [-0.3, -0.25) is 4.79 Å². The minimum absolute atomic E-state index is 0.0361. The van der Waals surface area contributed by atoms with Crippen molar-refractivity contribution in [2.75, 3.05) is 12.3 Å². The van der Waals surface area contributed by atoms with Gasteiger partial charge in [-0.15, -0.1) is 0 Å². The molecule has 7 heteroatoms. The van der Waals surface area contributed by atoms with Gasteiger partial charge in [-0.1, -0.05) is 0 Å². The van der Waals surface area contributed by atoms with E-state index in [9.17, 15) is 4.79 Å². The highest BCUT2D eigenvalue weighted by atomic mass is 16.3. The summed E-state index contributed by atoms with van der Waals surface area (Å²) in [6, 6.07) is 6.64. The van der Waals surface area contributed by atoms with E-state index in [1.54, 1.807) is 18.2 Å².